The summed E-state index contributed by atoms with van der Waals surface area (Å²) in [5.74, 6) is 0.904. The number of hydrogen-bond acceptors (Lipinski definition) is 2. The molecule has 102 valence electrons. The minimum Gasteiger partial charge on any atom is -0.497 e. The van der Waals surface area contributed by atoms with Crippen molar-refractivity contribution in [3.05, 3.63) is 42.0 Å². The summed E-state index contributed by atoms with van der Waals surface area (Å²) < 4.78 is 5.25. The molecule has 0 aliphatic carbocycles. The molecule has 0 bridgehead atoms. The van der Waals surface area contributed by atoms with E-state index in [-0.39, 0.29) is 5.54 Å². The monoisotopic (exact) mass is 257 g/mol. The maximum absolute atomic E-state index is 5.25. The number of methoxy groups -OCH3 is 1. The minimum atomic E-state index is 0.119. The molecular formula is C17H23NO. The smallest absolute Gasteiger partial charge is 0.119 e. The third-order valence-corrected chi connectivity index (χ3v) is 3.22. The van der Waals surface area contributed by atoms with E-state index in [1.807, 2.05) is 6.07 Å². The van der Waals surface area contributed by atoms with Crippen molar-refractivity contribution in [3.8, 4) is 5.75 Å². The molecule has 0 heterocycles. The minimum absolute atomic E-state index is 0.119. The van der Waals surface area contributed by atoms with Crippen LogP contribution in [0.4, 0.5) is 0 Å². The maximum atomic E-state index is 5.25. The summed E-state index contributed by atoms with van der Waals surface area (Å²) in [6, 6.07) is 13.1. The molecule has 2 aromatic carbocycles. The molecule has 0 aromatic heterocycles. The van der Waals surface area contributed by atoms with Crippen LogP contribution in [-0.2, 0) is 0 Å². The van der Waals surface area contributed by atoms with Crippen molar-refractivity contribution in [1.29, 1.82) is 0 Å². The van der Waals surface area contributed by atoms with Crippen LogP contribution in [0, 0.1) is 0 Å². The van der Waals surface area contributed by atoms with Crippen molar-refractivity contribution in [3.63, 3.8) is 0 Å². The van der Waals surface area contributed by atoms with Crippen molar-refractivity contribution in [2.24, 2.45) is 0 Å². The molecule has 1 N–H and O–H groups in total. The second kappa shape index (κ2) is 5.22. The van der Waals surface area contributed by atoms with Gasteiger partial charge in [-0.3, -0.25) is 0 Å². The molecule has 0 spiro atoms. The zero-order chi connectivity index (χ0) is 14.0. The third kappa shape index (κ3) is 3.48. The third-order valence-electron chi connectivity index (χ3n) is 3.22. The van der Waals surface area contributed by atoms with Crippen LogP contribution in [-0.4, -0.2) is 12.6 Å². The molecule has 1 atom stereocenters. The van der Waals surface area contributed by atoms with Gasteiger partial charge in [0, 0.05) is 11.6 Å². The fraction of sp³-hybridized carbons (Fsp3) is 0.412. The maximum Gasteiger partial charge on any atom is 0.119 e. The summed E-state index contributed by atoms with van der Waals surface area (Å²) in [5.41, 5.74) is 1.43. The Morgan fingerprint density at radius 2 is 1.63 bits per heavy atom. The Hall–Kier alpha value is -1.54. The van der Waals surface area contributed by atoms with Crippen LogP contribution in [0.5, 0.6) is 5.75 Å². The van der Waals surface area contributed by atoms with Crippen LogP contribution in [0.2, 0.25) is 0 Å². The van der Waals surface area contributed by atoms with Gasteiger partial charge in [-0.25, -0.2) is 0 Å². The molecule has 0 amide bonds. The SMILES string of the molecule is COc1ccc2cc(C(C)NC(C)(C)C)ccc2c1. The highest BCUT2D eigenvalue weighted by Gasteiger charge is 2.15. The molecule has 0 aliphatic heterocycles. The van der Waals surface area contributed by atoms with Crippen molar-refractivity contribution >= 4 is 10.8 Å². The highest BCUT2D eigenvalue weighted by Crippen LogP contribution is 2.25. The zero-order valence-electron chi connectivity index (χ0n) is 12.4. The fourth-order valence-electron chi connectivity index (χ4n) is 2.37. The Kier molecular flexibility index (Phi) is 3.81. The van der Waals surface area contributed by atoms with Gasteiger partial charge in [0.1, 0.15) is 5.75 Å². The van der Waals surface area contributed by atoms with Crippen LogP contribution in [0.25, 0.3) is 10.8 Å². The first-order valence-corrected chi connectivity index (χ1v) is 6.74. The molecule has 2 nitrogen and oxygen atoms in total. The lowest BCUT2D eigenvalue weighted by molar-refractivity contribution is 0.378. The summed E-state index contributed by atoms with van der Waals surface area (Å²) in [7, 11) is 1.70. The first kappa shape index (κ1) is 13.9. The van der Waals surface area contributed by atoms with Crippen LogP contribution >= 0.6 is 0 Å². The van der Waals surface area contributed by atoms with E-state index in [4.69, 9.17) is 4.74 Å². The molecule has 0 aliphatic rings. The van der Waals surface area contributed by atoms with E-state index >= 15 is 0 Å². The quantitative estimate of drug-likeness (QED) is 0.885. The van der Waals surface area contributed by atoms with E-state index in [9.17, 15) is 0 Å². The Morgan fingerprint density at radius 1 is 1.00 bits per heavy atom. The van der Waals surface area contributed by atoms with Gasteiger partial charge < -0.3 is 10.1 Å². The molecule has 1 unspecified atom stereocenters. The highest BCUT2D eigenvalue weighted by molar-refractivity contribution is 5.84. The van der Waals surface area contributed by atoms with Crippen LogP contribution in [0.3, 0.4) is 0 Å². The number of benzene rings is 2. The molecule has 2 aromatic rings. The molecule has 19 heavy (non-hydrogen) atoms. The summed E-state index contributed by atoms with van der Waals surface area (Å²) in [4.78, 5) is 0. The number of rotatable bonds is 3. The Balaban J connectivity index is 2.31. The van der Waals surface area contributed by atoms with Gasteiger partial charge in [0.15, 0.2) is 0 Å². The van der Waals surface area contributed by atoms with Crippen LogP contribution in [0.15, 0.2) is 36.4 Å². The average Bonchev–Trinajstić information content (AvgIpc) is 2.35. The topological polar surface area (TPSA) is 21.3 Å². The second-order valence-electron chi connectivity index (χ2n) is 6.09. The van der Waals surface area contributed by atoms with Crippen molar-refractivity contribution < 1.29 is 4.74 Å². The van der Waals surface area contributed by atoms with Crippen LogP contribution < -0.4 is 10.1 Å². The summed E-state index contributed by atoms with van der Waals surface area (Å²) >= 11 is 0. The molecular weight excluding hydrogens is 234 g/mol. The standard InChI is InChI=1S/C17H23NO/c1-12(18-17(2,3)4)13-6-7-15-11-16(19-5)9-8-14(15)10-13/h6-12,18H,1-5H3. The molecule has 0 radical (unpaired) electrons. The van der Waals surface area contributed by atoms with Crippen molar-refractivity contribution in [2.45, 2.75) is 39.3 Å². The number of fused-ring (bicyclic) bond motifs is 1. The first-order valence-electron chi connectivity index (χ1n) is 6.74. The molecule has 0 saturated carbocycles. The average molecular weight is 257 g/mol. The van der Waals surface area contributed by atoms with Gasteiger partial charge >= 0.3 is 0 Å². The lowest BCUT2D eigenvalue weighted by Crippen LogP contribution is -2.37. The van der Waals surface area contributed by atoms with E-state index in [0.29, 0.717) is 6.04 Å². The Labute approximate surface area is 115 Å². The Bertz CT molecular complexity index is 569. The van der Waals surface area contributed by atoms with Gasteiger partial charge in [0.05, 0.1) is 7.11 Å². The van der Waals surface area contributed by atoms with E-state index in [1.165, 1.54) is 16.3 Å². The van der Waals surface area contributed by atoms with E-state index in [2.05, 4.69) is 63.3 Å². The zero-order valence-corrected chi connectivity index (χ0v) is 12.4. The van der Waals surface area contributed by atoms with Gasteiger partial charge in [0.2, 0.25) is 0 Å². The van der Waals surface area contributed by atoms with Gasteiger partial charge in [-0.15, -0.1) is 0 Å². The van der Waals surface area contributed by atoms with Crippen molar-refractivity contribution in [1.82, 2.24) is 5.32 Å². The first-order chi connectivity index (χ1) is 8.89. The highest BCUT2D eigenvalue weighted by atomic mass is 16.5. The second-order valence-corrected chi connectivity index (χ2v) is 6.09. The summed E-state index contributed by atoms with van der Waals surface area (Å²) in [6.07, 6.45) is 0. The van der Waals surface area contributed by atoms with Gasteiger partial charge in [0.25, 0.3) is 0 Å². The molecule has 2 rings (SSSR count). The number of ether oxygens (including phenoxy) is 1. The lowest BCUT2D eigenvalue weighted by Gasteiger charge is -2.26. The predicted molar refractivity (Wildman–Crippen MR) is 81.8 cm³/mol. The Morgan fingerprint density at radius 3 is 2.26 bits per heavy atom. The number of hydrogen-bond donors (Lipinski definition) is 1. The van der Waals surface area contributed by atoms with E-state index in [1.54, 1.807) is 7.11 Å². The lowest BCUT2D eigenvalue weighted by atomic mass is 10.00. The van der Waals surface area contributed by atoms with Gasteiger partial charge in [-0.05, 0) is 62.2 Å². The van der Waals surface area contributed by atoms with Gasteiger partial charge in [-0.2, -0.15) is 0 Å². The predicted octanol–water partition coefficient (Wildman–Crippen LogP) is 4.30. The van der Waals surface area contributed by atoms with Gasteiger partial charge in [-0.1, -0.05) is 18.2 Å². The van der Waals surface area contributed by atoms with Crippen molar-refractivity contribution in [2.75, 3.05) is 7.11 Å². The molecule has 2 heteroatoms. The van der Waals surface area contributed by atoms with E-state index < -0.39 is 0 Å². The number of nitrogens with one attached hydrogen (secondary N) is 1. The summed E-state index contributed by atoms with van der Waals surface area (Å²) in [5, 5.41) is 6.06. The van der Waals surface area contributed by atoms with E-state index in [0.717, 1.165) is 5.75 Å². The molecule has 0 saturated heterocycles. The van der Waals surface area contributed by atoms with Crippen LogP contribution in [0.1, 0.15) is 39.3 Å². The summed E-state index contributed by atoms with van der Waals surface area (Å²) in [6.45, 7) is 8.77. The molecule has 0 fully saturated rings. The normalized spacial score (nSPS) is 13.5. The fourth-order valence-corrected chi connectivity index (χ4v) is 2.37. The largest absolute Gasteiger partial charge is 0.497 e.